The number of nitrogens with two attached hydrogens (primary N) is 2. The van der Waals surface area contributed by atoms with E-state index in [-0.39, 0.29) is 11.9 Å². The number of hydrogen-bond acceptors (Lipinski definition) is 6. The molecular weight excluding hydrogens is 396 g/mol. The summed E-state index contributed by atoms with van der Waals surface area (Å²) >= 11 is 0. The smallest absolute Gasteiger partial charge is 0.276 e. The highest BCUT2D eigenvalue weighted by molar-refractivity contribution is 6.05. The zero-order valence-corrected chi connectivity index (χ0v) is 18.1. The van der Waals surface area contributed by atoms with E-state index in [1.807, 2.05) is 20.9 Å². The minimum absolute atomic E-state index is 0.0820. The summed E-state index contributed by atoms with van der Waals surface area (Å²) < 4.78 is 3.72. The van der Waals surface area contributed by atoms with E-state index in [2.05, 4.69) is 24.9 Å². The highest BCUT2D eigenvalue weighted by Gasteiger charge is 2.30. The largest absolute Gasteiger partial charge is 0.371 e. The number of nitrogens with one attached hydrogen (secondary N) is 1. The zero-order chi connectivity index (χ0) is 22.3. The molecule has 2 aromatic heterocycles. The molecule has 4 rings (SSSR count). The second-order valence-electron chi connectivity index (χ2n) is 7.94. The van der Waals surface area contributed by atoms with E-state index >= 15 is 0 Å². The topological polar surface area (TPSA) is 137 Å². The molecule has 0 saturated carbocycles. The standard InChI is InChI=1S/C21H28N8O2/c1-4-28-17(8-12(2)26-28)20(31)25-21-24-15-9-13(19(23)30)10-16-18(15)29(21)14(6-5-7-22)11-27(16)3/h8-10,14H,4-7,11,22H2,1-3H3,(H2,23,30)(H,24,25,31)/t14-/m0/s1. The van der Waals surface area contributed by atoms with Gasteiger partial charge in [0.25, 0.3) is 5.91 Å². The number of imidazole rings is 1. The second-order valence-corrected chi connectivity index (χ2v) is 7.94. The lowest BCUT2D eigenvalue weighted by Crippen LogP contribution is -2.34. The maximum absolute atomic E-state index is 13.1. The number of benzene rings is 1. The summed E-state index contributed by atoms with van der Waals surface area (Å²) in [4.78, 5) is 31.7. The van der Waals surface area contributed by atoms with Crippen molar-refractivity contribution in [3.8, 4) is 0 Å². The van der Waals surface area contributed by atoms with E-state index in [1.165, 1.54) is 0 Å². The van der Waals surface area contributed by atoms with Crippen LogP contribution in [0.15, 0.2) is 18.2 Å². The van der Waals surface area contributed by atoms with E-state index in [0.29, 0.717) is 42.4 Å². The summed E-state index contributed by atoms with van der Waals surface area (Å²) in [5.74, 6) is -0.346. The molecule has 2 amide bonds. The van der Waals surface area contributed by atoms with Gasteiger partial charge in [-0.1, -0.05) is 0 Å². The molecule has 5 N–H and O–H groups in total. The van der Waals surface area contributed by atoms with Crippen molar-refractivity contribution < 1.29 is 9.59 Å². The molecule has 0 radical (unpaired) electrons. The van der Waals surface area contributed by atoms with E-state index in [0.717, 1.165) is 29.7 Å². The van der Waals surface area contributed by atoms with Gasteiger partial charge >= 0.3 is 0 Å². The molecule has 3 aromatic rings. The molecule has 10 heteroatoms. The molecule has 3 heterocycles. The number of aromatic nitrogens is 4. The van der Waals surface area contributed by atoms with Crippen LogP contribution in [0.2, 0.25) is 0 Å². The Morgan fingerprint density at radius 2 is 2.06 bits per heavy atom. The van der Waals surface area contributed by atoms with Crippen LogP contribution in [-0.4, -0.2) is 51.3 Å². The van der Waals surface area contributed by atoms with Crippen LogP contribution in [0.3, 0.4) is 0 Å². The van der Waals surface area contributed by atoms with Crippen molar-refractivity contribution in [2.45, 2.75) is 39.3 Å². The van der Waals surface area contributed by atoms with Crippen molar-refractivity contribution in [2.24, 2.45) is 11.5 Å². The van der Waals surface area contributed by atoms with Gasteiger partial charge in [0.15, 0.2) is 0 Å². The Bertz CT molecular complexity index is 1160. The molecule has 0 bridgehead atoms. The molecular formula is C21H28N8O2. The lowest BCUT2D eigenvalue weighted by molar-refractivity contribution is 0.0996. The molecule has 0 saturated heterocycles. The Balaban J connectivity index is 1.83. The summed E-state index contributed by atoms with van der Waals surface area (Å²) in [5, 5.41) is 7.33. The number of amides is 2. The van der Waals surface area contributed by atoms with Crippen LogP contribution < -0.4 is 21.7 Å². The van der Waals surface area contributed by atoms with Crippen molar-refractivity contribution in [2.75, 3.05) is 30.4 Å². The number of rotatable bonds is 7. The molecule has 1 aromatic carbocycles. The van der Waals surface area contributed by atoms with Gasteiger partial charge in [-0.15, -0.1) is 0 Å². The molecule has 0 spiro atoms. The fourth-order valence-electron chi connectivity index (χ4n) is 4.29. The maximum Gasteiger partial charge on any atom is 0.276 e. The molecule has 0 unspecified atom stereocenters. The third kappa shape index (κ3) is 3.63. The number of carbonyl (C=O) groups excluding carboxylic acids is 2. The van der Waals surface area contributed by atoms with Crippen LogP contribution in [0, 0.1) is 6.92 Å². The molecule has 0 fully saturated rings. The van der Waals surface area contributed by atoms with Crippen LogP contribution in [0.4, 0.5) is 11.6 Å². The number of aryl methyl sites for hydroxylation is 2. The highest BCUT2D eigenvalue weighted by Crippen LogP contribution is 2.39. The molecule has 10 nitrogen and oxygen atoms in total. The summed E-state index contributed by atoms with van der Waals surface area (Å²) in [6, 6.07) is 5.29. The first-order valence-corrected chi connectivity index (χ1v) is 10.5. The number of hydrogen-bond donors (Lipinski definition) is 3. The van der Waals surface area contributed by atoms with E-state index in [1.54, 1.807) is 22.9 Å². The quantitative estimate of drug-likeness (QED) is 0.527. The van der Waals surface area contributed by atoms with Crippen LogP contribution >= 0.6 is 0 Å². The van der Waals surface area contributed by atoms with Gasteiger partial charge in [-0.05, 0) is 51.4 Å². The van der Waals surface area contributed by atoms with Gasteiger partial charge in [-0.25, -0.2) is 4.98 Å². The number of anilines is 2. The average Bonchev–Trinajstić information content (AvgIpc) is 3.29. The third-order valence-electron chi connectivity index (χ3n) is 5.71. The molecule has 31 heavy (non-hydrogen) atoms. The minimum atomic E-state index is -0.515. The minimum Gasteiger partial charge on any atom is -0.371 e. The summed E-state index contributed by atoms with van der Waals surface area (Å²) in [6.45, 7) is 5.67. The predicted molar refractivity (Wildman–Crippen MR) is 119 cm³/mol. The summed E-state index contributed by atoms with van der Waals surface area (Å²) in [5.41, 5.74) is 15.3. The SMILES string of the molecule is CCn1nc(C)cc1C(=O)Nc1nc2cc(C(N)=O)cc3c2n1[C@@H](CCCN)CN3C. The molecule has 1 aliphatic rings. The maximum atomic E-state index is 13.1. The van der Waals surface area contributed by atoms with Gasteiger partial charge in [0.2, 0.25) is 11.9 Å². The van der Waals surface area contributed by atoms with Crippen molar-refractivity contribution in [1.82, 2.24) is 19.3 Å². The van der Waals surface area contributed by atoms with Gasteiger partial charge in [0.1, 0.15) is 5.69 Å². The average molecular weight is 425 g/mol. The number of carbonyl (C=O) groups is 2. The van der Waals surface area contributed by atoms with Crippen molar-refractivity contribution in [1.29, 1.82) is 0 Å². The van der Waals surface area contributed by atoms with Crippen molar-refractivity contribution in [3.05, 3.63) is 35.2 Å². The highest BCUT2D eigenvalue weighted by atomic mass is 16.2. The molecule has 0 aliphatic carbocycles. The Labute approximate surface area is 180 Å². The van der Waals surface area contributed by atoms with Crippen LogP contribution in [0.25, 0.3) is 11.0 Å². The first-order chi connectivity index (χ1) is 14.8. The lowest BCUT2D eigenvalue weighted by Gasteiger charge is -2.34. The summed E-state index contributed by atoms with van der Waals surface area (Å²) in [7, 11) is 1.98. The van der Waals surface area contributed by atoms with Gasteiger partial charge in [0, 0.05) is 25.7 Å². The second kappa shape index (κ2) is 8.03. The zero-order valence-electron chi connectivity index (χ0n) is 18.1. The Morgan fingerprint density at radius 3 is 2.74 bits per heavy atom. The van der Waals surface area contributed by atoms with Gasteiger partial charge in [-0.2, -0.15) is 5.10 Å². The lowest BCUT2D eigenvalue weighted by atomic mass is 10.0. The normalized spacial score (nSPS) is 15.5. The first kappa shape index (κ1) is 20.9. The number of nitrogens with zero attached hydrogens (tertiary/aromatic N) is 5. The number of likely N-dealkylation sites (N-methyl/N-ethyl adjacent to an activating group) is 1. The van der Waals surface area contributed by atoms with E-state index in [4.69, 9.17) is 11.5 Å². The Morgan fingerprint density at radius 1 is 1.29 bits per heavy atom. The van der Waals surface area contributed by atoms with E-state index in [9.17, 15) is 9.59 Å². The van der Waals surface area contributed by atoms with Gasteiger partial charge in [0.05, 0.1) is 28.5 Å². The number of primary amides is 1. The summed E-state index contributed by atoms with van der Waals surface area (Å²) in [6.07, 6.45) is 1.69. The molecule has 164 valence electrons. The van der Waals surface area contributed by atoms with Crippen molar-refractivity contribution >= 4 is 34.5 Å². The first-order valence-electron chi connectivity index (χ1n) is 10.5. The Hall–Kier alpha value is -3.40. The van der Waals surface area contributed by atoms with Crippen molar-refractivity contribution in [3.63, 3.8) is 0 Å². The third-order valence-corrected chi connectivity index (χ3v) is 5.71. The predicted octanol–water partition coefficient (Wildman–Crippen LogP) is 1.64. The van der Waals surface area contributed by atoms with Crippen LogP contribution in [-0.2, 0) is 6.54 Å². The molecule has 1 atom stereocenters. The van der Waals surface area contributed by atoms with Gasteiger partial charge < -0.3 is 20.9 Å². The van der Waals surface area contributed by atoms with Crippen LogP contribution in [0.5, 0.6) is 0 Å². The Kier molecular flexibility index (Phi) is 5.40. The fourth-order valence-corrected chi connectivity index (χ4v) is 4.29. The fraction of sp³-hybridized carbons (Fsp3) is 0.429. The monoisotopic (exact) mass is 424 g/mol. The van der Waals surface area contributed by atoms with Gasteiger partial charge in [-0.3, -0.25) is 19.6 Å². The molecule has 1 aliphatic heterocycles. The van der Waals surface area contributed by atoms with E-state index < -0.39 is 5.91 Å². The van der Waals surface area contributed by atoms with Crippen LogP contribution in [0.1, 0.15) is 52.3 Å².